The molecule has 1 fully saturated rings. The second-order valence-electron chi connectivity index (χ2n) is 4.13. The predicted molar refractivity (Wildman–Crippen MR) is 66.5 cm³/mol. The number of piperidine rings is 1. The molecule has 0 unspecified atom stereocenters. The van der Waals surface area contributed by atoms with Crippen LogP contribution in [0.15, 0.2) is 0 Å². The van der Waals surface area contributed by atoms with Crippen molar-refractivity contribution in [3.05, 3.63) is 0 Å². The summed E-state index contributed by atoms with van der Waals surface area (Å²) in [5.74, 6) is -0.474. The summed E-state index contributed by atoms with van der Waals surface area (Å²) in [6.07, 6.45) is 3.24. The Labute approximate surface area is 98.5 Å². The molecule has 0 aliphatic carbocycles. The highest BCUT2D eigenvalue weighted by molar-refractivity contribution is 4.96. The van der Waals surface area contributed by atoms with Crippen LogP contribution in [0.1, 0.15) is 19.3 Å². The number of hydrazine groups is 1. The maximum atomic E-state index is 3.36. The average molecular weight is 230 g/mol. The van der Waals surface area contributed by atoms with E-state index in [1.54, 1.807) is 0 Å². The Morgan fingerprint density at radius 3 is 1.38 bits per heavy atom. The Balaban J connectivity index is 3.04. The van der Waals surface area contributed by atoms with E-state index in [1.165, 1.54) is 0 Å². The molecule has 0 atom stereocenters. The van der Waals surface area contributed by atoms with Gasteiger partial charge in [-0.3, -0.25) is 26.7 Å². The van der Waals surface area contributed by atoms with Crippen LogP contribution in [0.3, 0.4) is 0 Å². The van der Waals surface area contributed by atoms with Gasteiger partial charge in [0.2, 0.25) is 0 Å². The van der Waals surface area contributed by atoms with Gasteiger partial charge in [0, 0.05) is 0 Å². The van der Waals surface area contributed by atoms with Crippen LogP contribution in [0.25, 0.3) is 0 Å². The molecular formula is C10H26N6. The summed E-state index contributed by atoms with van der Waals surface area (Å²) in [6, 6.07) is 0. The lowest BCUT2D eigenvalue weighted by atomic mass is 9.97. The molecule has 96 valence electrons. The molecule has 0 spiro atoms. The van der Waals surface area contributed by atoms with Crippen LogP contribution in [0, 0.1) is 0 Å². The molecule has 0 aromatic heterocycles. The lowest BCUT2D eigenvalue weighted by Gasteiger charge is -2.56. The molecule has 1 rings (SSSR count). The van der Waals surface area contributed by atoms with Gasteiger partial charge in [-0.25, -0.2) is 0 Å². The minimum absolute atomic E-state index is 0.237. The van der Waals surface area contributed by atoms with Gasteiger partial charge in [-0.2, -0.15) is 5.01 Å². The lowest BCUT2D eigenvalue weighted by Crippen LogP contribution is -2.83. The van der Waals surface area contributed by atoms with Gasteiger partial charge in [0.25, 0.3) is 0 Å². The highest BCUT2D eigenvalue weighted by atomic mass is 15.7. The molecular weight excluding hydrogens is 204 g/mol. The molecule has 1 heterocycles. The SMILES string of the molecule is CNN1C(NC)(NC)CCCC1(NC)NC. The van der Waals surface area contributed by atoms with Gasteiger partial charge in [-0.1, -0.05) is 0 Å². The normalized spacial score (nSPS) is 24.6. The molecule has 1 aliphatic rings. The summed E-state index contributed by atoms with van der Waals surface area (Å²) in [5, 5.41) is 15.6. The van der Waals surface area contributed by atoms with Crippen molar-refractivity contribution in [1.29, 1.82) is 0 Å². The number of nitrogens with one attached hydrogen (secondary N) is 5. The third-order valence-electron chi connectivity index (χ3n) is 3.72. The van der Waals surface area contributed by atoms with Crippen LogP contribution in [-0.2, 0) is 0 Å². The van der Waals surface area contributed by atoms with Gasteiger partial charge in [-0.15, -0.1) is 0 Å². The fourth-order valence-corrected chi connectivity index (χ4v) is 2.73. The van der Waals surface area contributed by atoms with Crippen LogP contribution < -0.4 is 26.7 Å². The summed E-state index contributed by atoms with van der Waals surface area (Å²) < 4.78 is 0. The van der Waals surface area contributed by atoms with E-state index in [9.17, 15) is 0 Å². The largest absolute Gasteiger partial charge is 0.289 e. The standard InChI is InChI=1S/C10H26N6/c1-11-9(12-2)7-6-8-10(13-3,14-4)16(9)15-5/h11-15H,6-8H2,1-5H3. The van der Waals surface area contributed by atoms with Gasteiger partial charge < -0.3 is 0 Å². The first-order valence-corrected chi connectivity index (χ1v) is 5.88. The fourth-order valence-electron chi connectivity index (χ4n) is 2.73. The van der Waals surface area contributed by atoms with Crippen molar-refractivity contribution in [1.82, 2.24) is 31.7 Å². The van der Waals surface area contributed by atoms with Gasteiger partial charge in [0.1, 0.15) is 11.6 Å². The highest BCUT2D eigenvalue weighted by Crippen LogP contribution is 2.30. The minimum Gasteiger partial charge on any atom is -0.289 e. The Hall–Kier alpha value is -0.240. The van der Waals surface area contributed by atoms with Gasteiger partial charge in [0.15, 0.2) is 0 Å². The molecule has 5 N–H and O–H groups in total. The molecule has 6 heteroatoms. The molecule has 1 saturated heterocycles. The topological polar surface area (TPSA) is 63.4 Å². The van der Waals surface area contributed by atoms with E-state index >= 15 is 0 Å². The van der Waals surface area contributed by atoms with Crippen molar-refractivity contribution < 1.29 is 0 Å². The van der Waals surface area contributed by atoms with Crippen LogP contribution in [-0.4, -0.2) is 51.8 Å². The van der Waals surface area contributed by atoms with E-state index in [0.717, 1.165) is 19.3 Å². The zero-order valence-corrected chi connectivity index (χ0v) is 11.1. The summed E-state index contributed by atoms with van der Waals surface area (Å²) in [6.45, 7) is 0. The minimum atomic E-state index is -0.237. The van der Waals surface area contributed by atoms with E-state index in [2.05, 4.69) is 31.7 Å². The first-order valence-electron chi connectivity index (χ1n) is 5.88. The van der Waals surface area contributed by atoms with E-state index in [-0.39, 0.29) is 11.6 Å². The monoisotopic (exact) mass is 230 g/mol. The zero-order chi connectivity index (χ0) is 12.2. The fraction of sp³-hybridized carbons (Fsp3) is 1.00. The van der Waals surface area contributed by atoms with Crippen LogP contribution >= 0.6 is 0 Å². The Bertz CT molecular complexity index is 191. The number of rotatable bonds is 5. The quantitative estimate of drug-likeness (QED) is 0.382. The van der Waals surface area contributed by atoms with Crippen molar-refractivity contribution >= 4 is 0 Å². The molecule has 1 aliphatic heterocycles. The third kappa shape index (κ3) is 1.97. The summed E-state index contributed by atoms with van der Waals surface area (Å²) >= 11 is 0. The van der Waals surface area contributed by atoms with Gasteiger partial charge in [-0.05, 0) is 54.5 Å². The molecule has 16 heavy (non-hydrogen) atoms. The van der Waals surface area contributed by atoms with Crippen molar-refractivity contribution in [2.24, 2.45) is 0 Å². The van der Waals surface area contributed by atoms with Crippen molar-refractivity contribution in [3.8, 4) is 0 Å². The van der Waals surface area contributed by atoms with Crippen molar-refractivity contribution in [2.45, 2.75) is 30.8 Å². The Morgan fingerprint density at radius 1 is 0.750 bits per heavy atom. The zero-order valence-electron chi connectivity index (χ0n) is 11.1. The average Bonchev–Trinajstić information content (AvgIpc) is 2.37. The molecule has 6 nitrogen and oxygen atoms in total. The van der Waals surface area contributed by atoms with Crippen molar-refractivity contribution in [3.63, 3.8) is 0 Å². The highest BCUT2D eigenvalue weighted by Gasteiger charge is 2.49. The van der Waals surface area contributed by atoms with Crippen molar-refractivity contribution in [2.75, 3.05) is 35.2 Å². The molecule has 0 aromatic rings. The molecule has 0 radical (unpaired) electrons. The summed E-state index contributed by atoms with van der Waals surface area (Å²) in [4.78, 5) is 0. The van der Waals surface area contributed by atoms with E-state index in [1.807, 2.05) is 35.2 Å². The molecule has 0 saturated carbocycles. The lowest BCUT2D eigenvalue weighted by molar-refractivity contribution is -0.150. The molecule has 0 amide bonds. The Kier molecular flexibility index (Phi) is 4.66. The third-order valence-corrected chi connectivity index (χ3v) is 3.72. The summed E-state index contributed by atoms with van der Waals surface area (Å²) in [7, 11) is 9.84. The van der Waals surface area contributed by atoms with Gasteiger partial charge >= 0.3 is 0 Å². The first kappa shape index (κ1) is 13.8. The summed E-state index contributed by atoms with van der Waals surface area (Å²) in [5.41, 5.74) is 3.27. The van der Waals surface area contributed by atoms with E-state index < -0.39 is 0 Å². The maximum Gasteiger partial charge on any atom is 0.141 e. The van der Waals surface area contributed by atoms with Gasteiger partial charge in [0.05, 0.1) is 0 Å². The smallest absolute Gasteiger partial charge is 0.141 e. The van der Waals surface area contributed by atoms with Crippen LogP contribution in [0.2, 0.25) is 0 Å². The van der Waals surface area contributed by atoms with Crippen LogP contribution in [0.4, 0.5) is 0 Å². The number of nitrogens with zero attached hydrogens (tertiary/aromatic N) is 1. The predicted octanol–water partition coefficient (Wildman–Crippen LogP) is -1.21. The second-order valence-corrected chi connectivity index (χ2v) is 4.13. The van der Waals surface area contributed by atoms with Crippen LogP contribution in [0.5, 0.6) is 0 Å². The molecule has 0 bridgehead atoms. The van der Waals surface area contributed by atoms with E-state index in [4.69, 9.17) is 0 Å². The molecule has 0 aromatic carbocycles. The number of hydrogen-bond donors (Lipinski definition) is 5. The Morgan fingerprint density at radius 2 is 1.12 bits per heavy atom. The second kappa shape index (κ2) is 5.39. The van der Waals surface area contributed by atoms with E-state index in [0.29, 0.717) is 0 Å². The first-order chi connectivity index (χ1) is 7.64. The number of hydrogen-bond acceptors (Lipinski definition) is 6. The maximum absolute atomic E-state index is 3.36.